The molecule has 2 heterocycles. The van der Waals surface area contributed by atoms with Gasteiger partial charge >= 0.3 is 0 Å². The van der Waals surface area contributed by atoms with Crippen molar-refractivity contribution in [3.63, 3.8) is 0 Å². The number of benzene rings is 1. The molecule has 3 rings (SSSR count). The number of halogens is 1. The van der Waals surface area contributed by atoms with Gasteiger partial charge in [-0.05, 0) is 32.9 Å². The number of nitrogens with zero attached hydrogens (tertiary/aromatic N) is 2. The number of carbonyl (C=O) groups excluding carboxylic acids is 2. The molecule has 6 nitrogen and oxygen atoms in total. The molecule has 27 heavy (non-hydrogen) atoms. The Labute approximate surface area is 162 Å². The van der Waals surface area contributed by atoms with Gasteiger partial charge in [-0.3, -0.25) is 4.79 Å². The largest absolute Gasteiger partial charge is 0.489 e. The second-order valence-electron chi connectivity index (χ2n) is 6.83. The van der Waals surface area contributed by atoms with Crippen LogP contribution in [0.25, 0.3) is 5.52 Å². The molecule has 140 valence electrons. The monoisotopic (exact) mass is 385 g/mol. The molecule has 3 aromatic rings. The van der Waals surface area contributed by atoms with Crippen molar-refractivity contribution in [3.8, 4) is 5.75 Å². The standard InChI is InChI=1S/C20H20ClN3O3/c1-13-18(19(26)22-20(2,3)12-25)17-10-15(8-9-24(17)23-13)27-11-14-6-4-5-7-16(14)21/h4-10,12H,11H2,1-3H3,(H,22,26). The molecule has 0 bridgehead atoms. The minimum Gasteiger partial charge on any atom is -0.489 e. The zero-order valence-electron chi connectivity index (χ0n) is 15.3. The molecule has 7 heteroatoms. The van der Waals surface area contributed by atoms with Gasteiger partial charge < -0.3 is 14.8 Å². The number of hydrogen-bond acceptors (Lipinski definition) is 4. The maximum absolute atomic E-state index is 12.7. The van der Waals surface area contributed by atoms with Gasteiger partial charge in [-0.2, -0.15) is 5.10 Å². The Balaban J connectivity index is 1.89. The second kappa shape index (κ2) is 7.40. The lowest BCUT2D eigenvalue weighted by molar-refractivity contribution is -0.112. The van der Waals surface area contributed by atoms with Gasteiger partial charge in [-0.25, -0.2) is 4.52 Å². The fraction of sp³-hybridized carbons (Fsp3) is 0.250. The summed E-state index contributed by atoms with van der Waals surface area (Å²) in [5, 5.41) is 7.70. The molecular formula is C20H20ClN3O3. The average Bonchev–Trinajstić information content (AvgIpc) is 2.95. The van der Waals surface area contributed by atoms with Crippen LogP contribution in [0.1, 0.15) is 35.5 Å². The molecule has 0 aliphatic heterocycles. The molecule has 0 fully saturated rings. The fourth-order valence-electron chi connectivity index (χ4n) is 2.68. The topological polar surface area (TPSA) is 72.7 Å². The van der Waals surface area contributed by atoms with E-state index in [-0.39, 0.29) is 5.91 Å². The first-order valence-electron chi connectivity index (χ1n) is 8.45. The Morgan fingerprint density at radius 2 is 2.07 bits per heavy atom. The number of pyridine rings is 1. The molecule has 0 aliphatic rings. The molecule has 0 aliphatic carbocycles. The van der Waals surface area contributed by atoms with Gasteiger partial charge in [-0.1, -0.05) is 29.8 Å². The van der Waals surface area contributed by atoms with Crippen LogP contribution < -0.4 is 10.1 Å². The summed E-state index contributed by atoms with van der Waals surface area (Å²) in [6.45, 7) is 5.33. The maximum Gasteiger partial charge on any atom is 0.256 e. The lowest BCUT2D eigenvalue weighted by Crippen LogP contribution is -2.44. The smallest absolute Gasteiger partial charge is 0.256 e. The lowest BCUT2D eigenvalue weighted by Gasteiger charge is -2.18. The average molecular weight is 386 g/mol. The van der Waals surface area contributed by atoms with E-state index in [1.807, 2.05) is 18.2 Å². The Morgan fingerprint density at radius 3 is 2.78 bits per heavy atom. The molecule has 1 aromatic carbocycles. The molecule has 2 aromatic heterocycles. The van der Waals surface area contributed by atoms with Crippen LogP contribution in [0.2, 0.25) is 5.02 Å². The minimum atomic E-state index is -0.962. The molecular weight excluding hydrogens is 366 g/mol. The van der Waals surface area contributed by atoms with Gasteiger partial charge in [0.05, 0.1) is 22.3 Å². The summed E-state index contributed by atoms with van der Waals surface area (Å²) in [7, 11) is 0. The first-order valence-corrected chi connectivity index (χ1v) is 8.82. The van der Waals surface area contributed by atoms with Crippen LogP contribution >= 0.6 is 11.6 Å². The molecule has 0 saturated heterocycles. The minimum absolute atomic E-state index is 0.308. The van der Waals surface area contributed by atoms with Gasteiger partial charge in [0.15, 0.2) is 0 Å². The van der Waals surface area contributed by atoms with Crippen molar-refractivity contribution in [2.75, 3.05) is 0 Å². The van der Waals surface area contributed by atoms with Crippen molar-refractivity contribution in [1.82, 2.24) is 14.9 Å². The number of nitrogens with one attached hydrogen (secondary N) is 1. The molecule has 0 unspecified atom stereocenters. The summed E-state index contributed by atoms with van der Waals surface area (Å²) in [5.74, 6) is 0.230. The summed E-state index contributed by atoms with van der Waals surface area (Å²) >= 11 is 6.16. The summed E-state index contributed by atoms with van der Waals surface area (Å²) in [5.41, 5.74) is 1.49. The van der Waals surface area contributed by atoms with Crippen LogP contribution in [0.3, 0.4) is 0 Å². The number of carbonyl (C=O) groups is 2. The molecule has 0 atom stereocenters. The maximum atomic E-state index is 12.7. The summed E-state index contributed by atoms with van der Waals surface area (Å²) < 4.78 is 7.45. The van der Waals surface area contributed by atoms with E-state index in [2.05, 4.69) is 10.4 Å². The Kier molecular flexibility index (Phi) is 5.19. The zero-order chi connectivity index (χ0) is 19.6. The first-order chi connectivity index (χ1) is 12.8. The lowest BCUT2D eigenvalue weighted by atomic mass is 10.1. The van der Waals surface area contributed by atoms with E-state index in [1.165, 1.54) is 0 Å². The predicted molar refractivity (Wildman–Crippen MR) is 103 cm³/mol. The van der Waals surface area contributed by atoms with Crippen molar-refractivity contribution in [3.05, 3.63) is 64.4 Å². The number of aromatic nitrogens is 2. The molecule has 0 spiro atoms. The van der Waals surface area contributed by atoms with Gasteiger partial charge in [-0.15, -0.1) is 0 Å². The van der Waals surface area contributed by atoms with E-state index >= 15 is 0 Å². The van der Waals surface area contributed by atoms with Crippen molar-refractivity contribution < 1.29 is 14.3 Å². The van der Waals surface area contributed by atoms with Crippen molar-refractivity contribution >= 4 is 29.3 Å². The number of aldehydes is 1. The normalized spacial score (nSPS) is 11.4. The van der Waals surface area contributed by atoms with Crippen molar-refractivity contribution in [1.29, 1.82) is 0 Å². The highest BCUT2D eigenvalue weighted by atomic mass is 35.5. The fourth-order valence-corrected chi connectivity index (χ4v) is 2.87. The molecule has 0 saturated carbocycles. The Hall–Kier alpha value is -2.86. The SMILES string of the molecule is Cc1nn2ccc(OCc3ccccc3Cl)cc2c1C(=O)NC(C)(C)C=O. The van der Waals surface area contributed by atoms with Crippen LogP contribution in [0.15, 0.2) is 42.6 Å². The van der Waals surface area contributed by atoms with E-state index < -0.39 is 5.54 Å². The summed E-state index contributed by atoms with van der Waals surface area (Å²) in [6, 6.07) is 11.0. The highest BCUT2D eigenvalue weighted by Crippen LogP contribution is 2.23. The number of fused-ring (bicyclic) bond motifs is 1. The second-order valence-corrected chi connectivity index (χ2v) is 7.23. The van der Waals surface area contributed by atoms with Crippen molar-refractivity contribution in [2.24, 2.45) is 0 Å². The first kappa shape index (κ1) is 18.9. The molecule has 0 radical (unpaired) electrons. The zero-order valence-corrected chi connectivity index (χ0v) is 16.1. The number of rotatable bonds is 6. The van der Waals surface area contributed by atoms with Gasteiger partial charge in [0.1, 0.15) is 18.6 Å². The van der Waals surface area contributed by atoms with E-state index in [1.54, 1.807) is 49.7 Å². The van der Waals surface area contributed by atoms with Gasteiger partial charge in [0.25, 0.3) is 5.91 Å². The van der Waals surface area contributed by atoms with Gasteiger partial charge in [0, 0.05) is 22.8 Å². The van der Waals surface area contributed by atoms with Crippen LogP contribution in [0.5, 0.6) is 5.75 Å². The van der Waals surface area contributed by atoms with E-state index in [0.29, 0.717) is 40.4 Å². The van der Waals surface area contributed by atoms with E-state index in [9.17, 15) is 9.59 Å². The van der Waals surface area contributed by atoms with Crippen LogP contribution in [-0.4, -0.2) is 27.3 Å². The number of amides is 1. The number of ether oxygens (including phenoxy) is 1. The Bertz CT molecular complexity index is 1010. The highest BCUT2D eigenvalue weighted by molar-refractivity contribution is 6.31. The Morgan fingerprint density at radius 1 is 1.33 bits per heavy atom. The summed E-state index contributed by atoms with van der Waals surface area (Å²) in [6.07, 6.45) is 2.43. The molecule has 1 amide bonds. The third-order valence-electron chi connectivity index (χ3n) is 4.09. The number of hydrogen-bond donors (Lipinski definition) is 1. The number of aryl methyl sites for hydroxylation is 1. The van der Waals surface area contributed by atoms with Crippen LogP contribution in [0, 0.1) is 6.92 Å². The highest BCUT2D eigenvalue weighted by Gasteiger charge is 2.24. The van der Waals surface area contributed by atoms with Crippen molar-refractivity contribution in [2.45, 2.75) is 32.9 Å². The molecule has 1 N–H and O–H groups in total. The third kappa shape index (κ3) is 4.11. The quantitative estimate of drug-likeness (QED) is 0.658. The van der Waals surface area contributed by atoms with Crippen LogP contribution in [0.4, 0.5) is 0 Å². The van der Waals surface area contributed by atoms with E-state index in [0.717, 1.165) is 5.56 Å². The predicted octanol–water partition coefficient (Wildman–Crippen LogP) is 3.58. The van der Waals surface area contributed by atoms with Crippen LogP contribution in [-0.2, 0) is 11.4 Å². The summed E-state index contributed by atoms with van der Waals surface area (Å²) in [4.78, 5) is 23.8. The van der Waals surface area contributed by atoms with Gasteiger partial charge in [0.2, 0.25) is 0 Å². The third-order valence-corrected chi connectivity index (χ3v) is 4.46. The van der Waals surface area contributed by atoms with E-state index in [4.69, 9.17) is 16.3 Å².